The average molecular weight is 362 g/mol. The highest BCUT2D eigenvalue weighted by Gasteiger charge is 2.30. The SMILES string of the molecule is CSc1cccc(NC(=O)CN2CCC(C(=O)N3CCCC3)CC2)c1. The van der Waals surface area contributed by atoms with Crippen LogP contribution in [0.1, 0.15) is 25.7 Å². The lowest BCUT2D eigenvalue weighted by Crippen LogP contribution is -2.43. The highest BCUT2D eigenvalue weighted by Crippen LogP contribution is 2.22. The number of amides is 2. The molecular weight excluding hydrogens is 334 g/mol. The average Bonchev–Trinajstić information content (AvgIpc) is 3.16. The van der Waals surface area contributed by atoms with Crippen molar-refractivity contribution in [3.8, 4) is 0 Å². The second-order valence-electron chi connectivity index (χ2n) is 6.86. The smallest absolute Gasteiger partial charge is 0.238 e. The Labute approximate surface area is 154 Å². The van der Waals surface area contributed by atoms with Crippen molar-refractivity contribution in [2.24, 2.45) is 5.92 Å². The molecule has 2 aliphatic heterocycles. The van der Waals surface area contributed by atoms with Gasteiger partial charge in [0, 0.05) is 29.6 Å². The third kappa shape index (κ3) is 4.98. The van der Waals surface area contributed by atoms with Gasteiger partial charge >= 0.3 is 0 Å². The summed E-state index contributed by atoms with van der Waals surface area (Å²) in [6.07, 6.45) is 6.04. The normalized spacial score (nSPS) is 19.2. The minimum atomic E-state index is 0.0163. The Morgan fingerprint density at radius 1 is 1.16 bits per heavy atom. The van der Waals surface area contributed by atoms with E-state index in [2.05, 4.69) is 10.2 Å². The second kappa shape index (κ2) is 8.72. The van der Waals surface area contributed by atoms with Gasteiger partial charge in [0.25, 0.3) is 0 Å². The fourth-order valence-corrected chi connectivity index (χ4v) is 4.10. The maximum absolute atomic E-state index is 12.5. The van der Waals surface area contributed by atoms with Crippen LogP contribution < -0.4 is 5.32 Å². The summed E-state index contributed by atoms with van der Waals surface area (Å²) < 4.78 is 0. The first-order valence-electron chi connectivity index (χ1n) is 9.11. The second-order valence-corrected chi connectivity index (χ2v) is 7.74. The first-order chi connectivity index (χ1) is 12.2. The minimum Gasteiger partial charge on any atom is -0.342 e. The minimum absolute atomic E-state index is 0.0163. The van der Waals surface area contributed by atoms with E-state index in [1.54, 1.807) is 11.8 Å². The topological polar surface area (TPSA) is 52.7 Å². The van der Waals surface area contributed by atoms with E-state index in [4.69, 9.17) is 0 Å². The van der Waals surface area contributed by atoms with Crippen LogP contribution in [-0.4, -0.2) is 60.6 Å². The molecule has 0 saturated carbocycles. The van der Waals surface area contributed by atoms with Crippen molar-refractivity contribution in [3.63, 3.8) is 0 Å². The molecule has 0 unspecified atom stereocenters. The van der Waals surface area contributed by atoms with Gasteiger partial charge in [0.05, 0.1) is 6.54 Å². The zero-order valence-electron chi connectivity index (χ0n) is 14.9. The van der Waals surface area contributed by atoms with Crippen LogP contribution in [0.2, 0.25) is 0 Å². The van der Waals surface area contributed by atoms with Crippen LogP contribution in [-0.2, 0) is 9.59 Å². The molecule has 0 spiro atoms. The first-order valence-corrected chi connectivity index (χ1v) is 10.3. The Bertz CT molecular complexity index is 608. The van der Waals surface area contributed by atoms with E-state index in [-0.39, 0.29) is 11.8 Å². The van der Waals surface area contributed by atoms with Crippen LogP contribution in [0.25, 0.3) is 0 Å². The number of benzene rings is 1. The van der Waals surface area contributed by atoms with E-state index in [0.717, 1.165) is 62.4 Å². The molecule has 2 fully saturated rings. The van der Waals surface area contributed by atoms with Crippen LogP contribution in [0.3, 0.4) is 0 Å². The number of hydrogen-bond donors (Lipinski definition) is 1. The van der Waals surface area contributed by atoms with Gasteiger partial charge in [-0.25, -0.2) is 0 Å². The molecule has 5 nitrogen and oxygen atoms in total. The number of hydrogen-bond acceptors (Lipinski definition) is 4. The first kappa shape index (κ1) is 18.3. The van der Waals surface area contributed by atoms with Gasteiger partial charge in [0.2, 0.25) is 11.8 Å². The van der Waals surface area contributed by atoms with Crippen LogP contribution in [0, 0.1) is 5.92 Å². The molecular formula is C19H27N3O2S. The quantitative estimate of drug-likeness (QED) is 0.820. The molecule has 0 aromatic heterocycles. The molecule has 6 heteroatoms. The fourth-order valence-electron chi connectivity index (χ4n) is 3.64. The molecule has 0 radical (unpaired) electrons. The van der Waals surface area contributed by atoms with Crippen LogP contribution in [0.5, 0.6) is 0 Å². The van der Waals surface area contributed by atoms with E-state index in [0.29, 0.717) is 12.5 Å². The molecule has 2 aliphatic rings. The van der Waals surface area contributed by atoms with Gasteiger partial charge in [-0.15, -0.1) is 11.8 Å². The summed E-state index contributed by atoms with van der Waals surface area (Å²) in [6.45, 7) is 3.90. The maximum atomic E-state index is 12.5. The zero-order valence-corrected chi connectivity index (χ0v) is 15.7. The molecule has 3 rings (SSSR count). The Kier molecular flexibility index (Phi) is 6.37. The van der Waals surface area contributed by atoms with E-state index in [1.807, 2.05) is 35.4 Å². The van der Waals surface area contributed by atoms with E-state index in [1.165, 1.54) is 0 Å². The standard InChI is InChI=1S/C19H27N3O2S/c1-25-17-6-4-5-16(13-17)20-18(23)14-21-11-7-15(8-12-21)19(24)22-9-2-3-10-22/h4-6,13,15H,2-3,7-12,14H2,1H3,(H,20,23). The van der Waals surface area contributed by atoms with Crippen molar-refractivity contribution < 1.29 is 9.59 Å². The fraction of sp³-hybridized carbons (Fsp3) is 0.579. The molecule has 1 N–H and O–H groups in total. The summed E-state index contributed by atoms with van der Waals surface area (Å²) in [7, 11) is 0. The molecule has 136 valence electrons. The van der Waals surface area contributed by atoms with Gasteiger partial charge in [0.15, 0.2) is 0 Å². The van der Waals surface area contributed by atoms with Gasteiger partial charge in [-0.05, 0) is 63.2 Å². The number of anilines is 1. The summed E-state index contributed by atoms with van der Waals surface area (Å²) in [6, 6.07) is 7.89. The van der Waals surface area contributed by atoms with Crippen molar-refractivity contribution in [1.82, 2.24) is 9.80 Å². The molecule has 1 aromatic rings. The summed E-state index contributed by atoms with van der Waals surface area (Å²) in [5.41, 5.74) is 0.843. The van der Waals surface area contributed by atoms with Gasteiger partial charge < -0.3 is 10.2 Å². The Morgan fingerprint density at radius 3 is 2.56 bits per heavy atom. The van der Waals surface area contributed by atoms with Crippen LogP contribution in [0.15, 0.2) is 29.2 Å². The molecule has 0 aliphatic carbocycles. The number of carbonyl (C=O) groups excluding carboxylic acids is 2. The van der Waals surface area contributed by atoms with Gasteiger partial charge in [-0.3, -0.25) is 14.5 Å². The predicted molar refractivity (Wildman–Crippen MR) is 102 cm³/mol. The molecule has 2 amide bonds. The number of likely N-dealkylation sites (tertiary alicyclic amines) is 2. The number of nitrogens with zero attached hydrogens (tertiary/aromatic N) is 2. The van der Waals surface area contributed by atoms with Crippen molar-refractivity contribution in [1.29, 1.82) is 0 Å². The van der Waals surface area contributed by atoms with Crippen LogP contribution >= 0.6 is 11.8 Å². The number of piperidine rings is 1. The lowest BCUT2D eigenvalue weighted by atomic mass is 9.95. The van der Waals surface area contributed by atoms with Crippen molar-refractivity contribution >= 4 is 29.3 Å². The number of thioether (sulfide) groups is 1. The summed E-state index contributed by atoms with van der Waals surface area (Å²) in [5, 5.41) is 2.97. The molecule has 1 aromatic carbocycles. The molecule has 25 heavy (non-hydrogen) atoms. The zero-order chi connectivity index (χ0) is 17.6. The maximum Gasteiger partial charge on any atom is 0.238 e. The molecule has 0 atom stereocenters. The lowest BCUT2D eigenvalue weighted by Gasteiger charge is -2.32. The summed E-state index contributed by atoms with van der Waals surface area (Å²) >= 11 is 1.66. The molecule has 2 saturated heterocycles. The Morgan fingerprint density at radius 2 is 1.88 bits per heavy atom. The molecule has 2 heterocycles. The number of nitrogens with one attached hydrogen (secondary N) is 1. The van der Waals surface area contributed by atoms with Gasteiger partial charge in [0.1, 0.15) is 0 Å². The monoisotopic (exact) mass is 361 g/mol. The largest absolute Gasteiger partial charge is 0.342 e. The summed E-state index contributed by atoms with van der Waals surface area (Å²) in [5.74, 6) is 0.494. The van der Waals surface area contributed by atoms with Crippen molar-refractivity contribution in [2.45, 2.75) is 30.6 Å². The number of carbonyl (C=O) groups is 2. The molecule has 0 bridgehead atoms. The van der Waals surface area contributed by atoms with E-state index in [9.17, 15) is 9.59 Å². The van der Waals surface area contributed by atoms with Crippen molar-refractivity contribution in [3.05, 3.63) is 24.3 Å². The van der Waals surface area contributed by atoms with E-state index >= 15 is 0 Å². The highest BCUT2D eigenvalue weighted by atomic mass is 32.2. The lowest BCUT2D eigenvalue weighted by molar-refractivity contribution is -0.136. The Hall–Kier alpha value is -1.53. The predicted octanol–water partition coefficient (Wildman–Crippen LogP) is 2.68. The van der Waals surface area contributed by atoms with E-state index < -0.39 is 0 Å². The third-order valence-electron chi connectivity index (χ3n) is 5.08. The number of rotatable bonds is 5. The van der Waals surface area contributed by atoms with Gasteiger partial charge in [-0.2, -0.15) is 0 Å². The highest BCUT2D eigenvalue weighted by molar-refractivity contribution is 7.98. The van der Waals surface area contributed by atoms with Crippen molar-refractivity contribution in [2.75, 3.05) is 44.3 Å². The summed E-state index contributed by atoms with van der Waals surface area (Å²) in [4.78, 5) is 30.0. The Balaban J connectivity index is 1.43. The third-order valence-corrected chi connectivity index (χ3v) is 5.80. The van der Waals surface area contributed by atoms with Crippen LogP contribution in [0.4, 0.5) is 5.69 Å². The van der Waals surface area contributed by atoms with Gasteiger partial charge in [-0.1, -0.05) is 6.07 Å².